The monoisotopic (exact) mass is 471 g/mol. The van der Waals surface area contributed by atoms with Gasteiger partial charge in [0.05, 0.1) is 21.6 Å². The van der Waals surface area contributed by atoms with Gasteiger partial charge in [0.1, 0.15) is 4.90 Å². The molecule has 0 radical (unpaired) electrons. The van der Waals surface area contributed by atoms with Crippen LogP contribution in [0.3, 0.4) is 0 Å². The molecule has 1 heterocycles. The van der Waals surface area contributed by atoms with E-state index in [0.29, 0.717) is 24.1 Å². The van der Waals surface area contributed by atoms with Crippen LogP contribution in [0.1, 0.15) is 18.4 Å². The first kappa shape index (κ1) is 22.5. The van der Waals surface area contributed by atoms with Gasteiger partial charge in [0.15, 0.2) is 0 Å². The number of hydrogen-bond donors (Lipinski definition) is 1. The quantitative estimate of drug-likeness (QED) is 0.517. The third kappa shape index (κ3) is 4.75. The topological polar surface area (TPSA) is 110 Å². The van der Waals surface area contributed by atoms with Crippen LogP contribution in [0.5, 0.6) is 0 Å². The van der Waals surface area contributed by atoms with Crippen molar-refractivity contribution in [3.05, 3.63) is 62.1 Å². The molecule has 0 spiro atoms. The Hall–Kier alpha value is -2.20. The number of non-ortho nitro benzene ring substituents is 1. The van der Waals surface area contributed by atoms with Crippen molar-refractivity contribution >= 4 is 50.5 Å². The van der Waals surface area contributed by atoms with E-state index >= 15 is 0 Å². The van der Waals surface area contributed by atoms with E-state index in [1.165, 1.54) is 34.6 Å². The highest BCUT2D eigenvalue weighted by molar-refractivity contribution is 7.89. The molecule has 0 aromatic heterocycles. The van der Waals surface area contributed by atoms with Crippen molar-refractivity contribution in [2.45, 2.75) is 24.7 Å². The molecular formula is C19H19Cl2N3O5S. The van der Waals surface area contributed by atoms with Gasteiger partial charge in [0, 0.05) is 30.2 Å². The maximum Gasteiger partial charge on any atom is 0.271 e. The molecule has 1 fully saturated rings. The minimum absolute atomic E-state index is 0.0228. The highest BCUT2D eigenvalue weighted by Crippen LogP contribution is 2.31. The van der Waals surface area contributed by atoms with Gasteiger partial charge in [-0.3, -0.25) is 14.9 Å². The fourth-order valence-corrected chi connectivity index (χ4v) is 5.54. The third-order valence-electron chi connectivity index (χ3n) is 4.96. The summed E-state index contributed by atoms with van der Waals surface area (Å²) in [5, 5.41) is 14.0. The zero-order valence-electron chi connectivity index (χ0n) is 16.0. The summed E-state index contributed by atoms with van der Waals surface area (Å²) in [4.78, 5) is 23.1. The lowest BCUT2D eigenvalue weighted by atomic mass is 9.98. The predicted molar refractivity (Wildman–Crippen MR) is 114 cm³/mol. The smallest absolute Gasteiger partial charge is 0.271 e. The number of amides is 1. The Morgan fingerprint density at radius 1 is 1.23 bits per heavy atom. The summed E-state index contributed by atoms with van der Waals surface area (Å²) in [6, 6.07) is 8.39. The number of rotatable bonds is 5. The Balaban J connectivity index is 1.79. The number of benzene rings is 2. The van der Waals surface area contributed by atoms with E-state index in [1.54, 1.807) is 13.0 Å². The number of halogens is 2. The summed E-state index contributed by atoms with van der Waals surface area (Å²) in [5.74, 6) is -0.999. The molecule has 160 valence electrons. The van der Waals surface area contributed by atoms with Crippen LogP contribution in [0.15, 0.2) is 41.3 Å². The zero-order chi connectivity index (χ0) is 22.1. The average Bonchev–Trinajstić information content (AvgIpc) is 2.71. The summed E-state index contributed by atoms with van der Waals surface area (Å²) in [7, 11) is -3.93. The first-order valence-corrected chi connectivity index (χ1v) is 11.3. The molecule has 1 atom stereocenters. The molecule has 8 nitrogen and oxygen atoms in total. The van der Waals surface area contributed by atoms with E-state index in [0.717, 1.165) is 0 Å². The molecule has 1 saturated heterocycles. The van der Waals surface area contributed by atoms with Crippen LogP contribution >= 0.6 is 23.2 Å². The maximum absolute atomic E-state index is 13.0. The summed E-state index contributed by atoms with van der Waals surface area (Å²) in [6.45, 7) is 1.95. The number of aryl methyl sites for hydroxylation is 1. The molecule has 0 saturated carbocycles. The molecule has 30 heavy (non-hydrogen) atoms. The largest absolute Gasteiger partial charge is 0.325 e. The number of nitro groups is 1. The van der Waals surface area contributed by atoms with Crippen molar-refractivity contribution < 1.29 is 18.1 Å². The molecule has 1 amide bonds. The number of sulfonamides is 1. The molecule has 0 unspecified atom stereocenters. The summed E-state index contributed by atoms with van der Waals surface area (Å²) in [6.07, 6.45) is 0.985. The lowest BCUT2D eigenvalue weighted by Gasteiger charge is -2.31. The van der Waals surface area contributed by atoms with Gasteiger partial charge in [-0.1, -0.05) is 29.3 Å². The highest BCUT2D eigenvalue weighted by atomic mass is 35.5. The molecule has 11 heteroatoms. The van der Waals surface area contributed by atoms with Gasteiger partial charge in [-0.15, -0.1) is 0 Å². The average molecular weight is 472 g/mol. The molecule has 2 aromatic carbocycles. The first-order valence-electron chi connectivity index (χ1n) is 9.10. The van der Waals surface area contributed by atoms with Crippen molar-refractivity contribution in [1.29, 1.82) is 0 Å². The fraction of sp³-hybridized carbons (Fsp3) is 0.316. The van der Waals surface area contributed by atoms with Crippen molar-refractivity contribution in [3.63, 3.8) is 0 Å². The van der Waals surface area contributed by atoms with E-state index in [4.69, 9.17) is 23.2 Å². The minimum atomic E-state index is -3.93. The summed E-state index contributed by atoms with van der Waals surface area (Å²) in [5.41, 5.74) is 0.853. The second kappa shape index (κ2) is 8.89. The maximum atomic E-state index is 13.0. The van der Waals surface area contributed by atoms with Crippen LogP contribution in [-0.2, 0) is 14.8 Å². The Morgan fingerprint density at radius 3 is 2.67 bits per heavy atom. The van der Waals surface area contributed by atoms with E-state index in [-0.39, 0.29) is 33.7 Å². The Morgan fingerprint density at radius 2 is 1.97 bits per heavy atom. The van der Waals surface area contributed by atoms with Crippen LogP contribution < -0.4 is 5.32 Å². The molecule has 0 bridgehead atoms. The van der Waals surface area contributed by atoms with Gasteiger partial charge in [-0.2, -0.15) is 4.31 Å². The van der Waals surface area contributed by atoms with Crippen molar-refractivity contribution in [2.24, 2.45) is 5.92 Å². The number of hydrogen-bond acceptors (Lipinski definition) is 5. The lowest BCUT2D eigenvalue weighted by Crippen LogP contribution is -2.43. The number of anilines is 1. The molecule has 2 aromatic rings. The van der Waals surface area contributed by atoms with Crippen molar-refractivity contribution in [3.8, 4) is 0 Å². The molecule has 3 rings (SSSR count). The molecule has 0 aliphatic carbocycles. The normalized spacial score (nSPS) is 17.5. The molecular weight excluding hydrogens is 453 g/mol. The van der Waals surface area contributed by atoms with E-state index in [1.807, 2.05) is 0 Å². The SMILES string of the molecule is Cc1ccc([N+](=O)[O-])cc1NC(=O)[C@@H]1CCCN(S(=O)(=O)c2cc(Cl)ccc2Cl)C1. The summed E-state index contributed by atoms with van der Waals surface area (Å²) < 4.78 is 27.3. The Labute approximate surface area is 184 Å². The van der Waals surface area contributed by atoms with E-state index in [2.05, 4.69) is 5.32 Å². The van der Waals surface area contributed by atoms with Crippen LogP contribution in [-0.4, -0.2) is 36.6 Å². The number of carbonyl (C=O) groups excluding carboxylic acids is 1. The standard InChI is InChI=1S/C19H19Cl2N3O5S/c1-12-4-6-15(24(26)27)10-17(12)22-19(25)13-3-2-8-23(11-13)30(28,29)18-9-14(20)5-7-16(18)21/h4-7,9-10,13H,2-3,8,11H2,1H3,(H,22,25)/t13-/m1/s1. The van der Waals surface area contributed by atoms with Gasteiger partial charge in [0.25, 0.3) is 5.69 Å². The predicted octanol–water partition coefficient (Wildman–Crippen LogP) is 4.25. The number of piperidine rings is 1. The van der Waals surface area contributed by atoms with Crippen LogP contribution in [0.25, 0.3) is 0 Å². The van der Waals surface area contributed by atoms with Gasteiger partial charge in [0.2, 0.25) is 15.9 Å². The van der Waals surface area contributed by atoms with Gasteiger partial charge < -0.3 is 5.32 Å². The minimum Gasteiger partial charge on any atom is -0.325 e. The molecule has 1 aliphatic rings. The Kier molecular flexibility index (Phi) is 6.66. The third-order valence-corrected chi connectivity index (χ3v) is 7.54. The Bertz CT molecular complexity index is 1110. The van der Waals surface area contributed by atoms with Crippen molar-refractivity contribution in [2.75, 3.05) is 18.4 Å². The van der Waals surface area contributed by atoms with E-state index < -0.39 is 26.8 Å². The lowest BCUT2D eigenvalue weighted by molar-refractivity contribution is -0.384. The highest BCUT2D eigenvalue weighted by Gasteiger charge is 2.34. The molecule has 1 aliphatic heterocycles. The van der Waals surface area contributed by atoms with Crippen molar-refractivity contribution in [1.82, 2.24) is 4.31 Å². The second-order valence-electron chi connectivity index (χ2n) is 7.02. The van der Waals surface area contributed by atoms with Gasteiger partial charge in [-0.05, 0) is 43.5 Å². The molecule has 1 N–H and O–H groups in total. The van der Waals surface area contributed by atoms with E-state index in [9.17, 15) is 23.3 Å². The zero-order valence-corrected chi connectivity index (χ0v) is 18.3. The fourth-order valence-electron chi connectivity index (χ4n) is 3.28. The number of carbonyl (C=O) groups is 1. The first-order chi connectivity index (χ1) is 14.1. The van der Waals surface area contributed by atoms with Crippen LogP contribution in [0.4, 0.5) is 11.4 Å². The van der Waals surface area contributed by atoms with Gasteiger partial charge in [-0.25, -0.2) is 8.42 Å². The number of nitrogens with zero attached hydrogens (tertiary/aromatic N) is 2. The summed E-state index contributed by atoms with van der Waals surface area (Å²) >= 11 is 12.0. The number of nitro benzene ring substituents is 1. The number of nitrogens with one attached hydrogen (secondary N) is 1. The second-order valence-corrected chi connectivity index (χ2v) is 9.77. The van der Waals surface area contributed by atoms with Crippen LogP contribution in [0.2, 0.25) is 10.0 Å². The van der Waals surface area contributed by atoms with Gasteiger partial charge >= 0.3 is 0 Å². The van der Waals surface area contributed by atoms with Crippen LogP contribution in [0, 0.1) is 23.0 Å².